The number of carbonyl (C=O) groups is 1. The molecule has 0 saturated heterocycles. The number of rotatable bonds is 7. The Morgan fingerprint density at radius 2 is 1.59 bits per heavy atom. The van der Waals surface area contributed by atoms with Gasteiger partial charge in [0.25, 0.3) is 0 Å². The summed E-state index contributed by atoms with van der Waals surface area (Å²) >= 11 is 0. The number of amides is 2. The molecule has 0 atom stereocenters. The van der Waals surface area contributed by atoms with Gasteiger partial charge >= 0.3 is 6.03 Å². The highest BCUT2D eigenvalue weighted by atomic mass is 16.2. The zero-order valence-electron chi connectivity index (χ0n) is 16.8. The van der Waals surface area contributed by atoms with Crippen molar-refractivity contribution < 1.29 is 4.79 Å². The third-order valence-corrected chi connectivity index (χ3v) is 4.54. The average molecular weight is 386 g/mol. The minimum Gasteiger partial charge on any atom is -0.319 e. The summed E-state index contributed by atoms with van der Waals surface area (Å²) in [4.78, 5) is 12.4. The molecule has 0 unspecified atom stereocenters. The van der Waals surface area contributed by atoms with Crippen LogP contribution in [0.25, 0.3) is 0 Å². The van der Waals surface area contributed by atoms with Crippen molar-refractivity contribution in [1.82, 2.24) is 10.7 Å². The van der Waals surface area contributed by atoms with Crippen LogP contribution in [0.3, 0.4) is 0 Å². The molecule has 2 amide bonds. The maximum Gasteiger partial charge on any atom is 0.339 e. The molecular weight excluding hydrogens is 360 g/mol. The summed E-state index contributed by atoms with van der Waals surface area (Å²) in [7, 11) is 1.94. The molecule has 0 aliphatic heterocycles. The predicted molar refractivity (Wildman–Crippen MR) is 119 cm³/mol. The number of nitrogens with one attached hydrogen (secondary N) is 3. The predicted octanol–water partition coefficient (Wildman–Crippen LogP) is 4.33. The van der Waals surface area contributed by atoms with Gasteiger partial charge in [0.1, 0.15) is 0 Å². The van der Waals surface area contributed by atoms with Crippen LogP contribution in [0, 0.1) is 6.92 Å². The molecule has 0 aromatic heterocycles. The maximum absolute atomic E-state index is 12.4. The lowest BCUT2D eigenvalue weighted by Gasteiger charge is -2.13. The number of para-hydroxylation sites is 1. The Labute approximate surface area is 171 Å². The van der Waals surface area contributed by atoms with E-state index in [0.717, 1.165) is 29.8 Å². The maximum atomic E-state index is 12.4. The minimum atomic E-state index is -0.381. The first-order chi connectivity index (χ1) is 14.2. The van der Waals surface area contributed by atoms with Gasteiger partial charge in [0.15, 0.2) is 0 Å². The van der Waals surface area contributed by atoms with E-state index in [9.17, 15) is 4.79 Å². The van der Waals surface area contributed by atoms with E-state index in [-0.39, 0.29) is 6.03 Å². The number of urea groups is 1. The molecule has 0 fully saturated rings. The highest BCUT2D eigenvalue weighted by molar-refractivity contribution is 6.14. The van der Waals surface area contributed by atoms with E-state index in [1.807, 2.05) is 86.8 Å². The van der Waals surface area contributed by atoms with Gasteiger partial charge in [-0.15, -0.1) is 0 Å². The van der Waals surface area contributed by atoms with Crippen molar-refractivity contribution in [2.24, 2.45) is 5.10 Å². The first kappa shape index (κ1) is 20.3. The summed E-state index contributed by atoms with van der Waals surface area (Å²) in [6.07, 6.45) is 0.869. The van der Waals surface area contributed by atoms with E-state index >= 15 is 0 Å². The van der Waals surface area contributed by atoms with Crippen LogP contribution in [0.4, 0.5) is 10.5 Å². The highest BCUT2D eigenvalue weighted by Crippen LogP contribution is 2.17. The van der Waals surface area contributed by atoms with Gasteiger partial charge in [-0.2, -0.15) is 5.10 Å². The molecule has 3 aromatic carbocycles. The number of likely N-dealkylation sites (N-methyl/N-ethyl adjacent to an activating group) is 1. The SMILES string of the molecule is CNCCc1ccccc1/C(=N\NC(=O)Nc1ccccc1)c1ccc(C)cc1. The van der Waals surface area contributed by atoms with Gasteiger partial charge in [-0.05, 0) is 44.6 Å². The normalized spacial score (nSPS) is 11.2. The van der Waals surface area contributed by atoms with Crippen LogP contribution in [0.15, 0.2) is 84.0 Å². The summed E-state index contributed by atoms with van der Waals surface area (Å²) in [6, 6.07) is 25.2. The number of aryl methyl sites for hydroxylation is 1. The Kier molecular flexibility index (Phi) is 7.14. The fourth-order valence-corrected chi connectivity index (χ4v) is 3.01. The van der Waals surface area contributed by atoms with Crippen molar-refractivity contribution in [3.63, 3.8) is 0 Å². The summed E-state index contributed by atoms with van der Waals surface area (Å²) < 4.78 is 0. The Morgan fingerprint density at radius 1 is 0.897 bits per heavy atom. The molecule has 0 radical (unpaired) electrons. The lowest BCUT2D eigenvalue weighted by molar-refractivity contribution is 0.252. The molecule has 0 heterocycles. The molecule has 0 bridgehead atoms. The number of anilines is 1. The van der Waals surface area contributed by atoms with Crippen molar-refractivity contribution in [2.75, 3.05) is 18.9 Å². The molecule has 3 aromatic rings. The lowest BCUT2D eigenvalue weighted by Crippen LogP contribution is -2.26. The van der Waals surface area contributed by atoms with Gasteiger partial charge in [-0.3, -0.25) is 0 Å². The van der Waals surface area contributed by atoms with Crippen LogP contribution in [-0.4, -0.2) is 25.3 Å². The molecule has 3 N–H and O–H groups in total. The fraction of sp³-hybridized carbons (Fsp3) is 0.167. The fourth-order valence-electron chi connectivity index (χ4n) is 3.01. The van der Waals surface area contributed by atoms with Gasteiger partial charge in [-0.1, -0.05) is 72.3 Å². The number of hydrogen-bond donors (Lipinski definition) is 3. The highest BCUT2D eigenvalue weighted by Gasteiger charge is 2.12. The molecule has 3 rings (SSSR count). The second-order valence-corrected chi connectivity index (χ2v) is 6.77. The van der Waals surface area contributed by atoms with Crippen LogP contribution in [-0.2, 0) is 6.42 Å². The standard InChI is InChI=1S/C24H26N4O/c1-18-12-14-20(15-13-18)23(22-11-7-6-8-19(22)16-17-25-2)27-28-24(29)26-21-9-4-3-5-10-21/h3-15,25H,16-17H2,1-2H3,(H2,26,28,29)/b27-23-. The van der Waals surface area contributed by atoms with Gasteiger partial charge in [0, 0.05) is 16.8 Å². The third kappa shape index (κ3) is 5.77. The number of benzene rings is 3. The molecule has 5 nitrogen and oxygen atoms in total. The Hall–Kier alpha value is -3.44. The second kappa shape index (κ2) is 10.2. The first-order valence-corrected chi connectivity index (χ1v) is 9.67. The van der Waals surface area contributed by atoms with Gasteiger partial charge in [-0.25, -0.2) is 10.2 Å². The van der Waals surface area contributed by atoms with Crippen LogP contribution in [0.5, 0.6) is 0 Å². The average Bonchev–Trinajstić information content (AvgIpc) is 2.75. The van der Waals surface area contributed by atoms with Crippen LogP contribution in [0.1, 0.15) is 22.3 Å². The lowest BCUT2D eigenvalue weighted by atomic mass is 9.95. The molecule has 29 heavy (non-hydrogen) atoms. The zero-order chi connectivity index (χ0) is 20.5. The molecular formula is C24H26N4O. The van der Waals surface area contributed by atoms with Crippen molar-refractivity contribution >= 4 is 17.4 Å². The van der Waals surface area contributed by atoms with E-state index in [4.69, 9.17) is 0 Å². The minimum absolute atomic E-state index is 0.381. The smallest absolute Gasteiger partial charge is 0.319 e. The Morgan fingerprint density at radius 3 is 2.31 bits per heavy atom. The van der Waals surface area contributed by atoms with Crippen molar-refractivity contribution in [3.8, 4) is 0 Å². The second-order valence-electron chi connectivity index (χ2n) is 6.77. The van der Waals surface area contributed by atoms with Crippen LogP contribution in [0.2, 0.25) is 0 Å². The van der Waals surface area contributed by atoms with Crippen LogP contribution >= 0.6 is 0 Å². The largest absolute Gasteiger partial charge is 0.339 e. The molecule has 5 heteroatoms. The number of carbonyl (C=O) groups excluding carboxylic acids is 1. The summed E-state index contributed by atoms with van der Waals surface area (Å²) in [6.45, 7) is 2.91. The Bertz CT molecular complexity index is 966. The van der Waals surface area contributed by atoms with E-state index in [1.54, 1.807) is 0 Å². The number of hydrazone groups is 1. The molecule has 148 valence electrons. The van der Waals surface area contributed by atoms with Crippen molar-refractivity contribution in [1.29, 1.82) is 0 Å². The molecule has 0 aliphatic carbocycles. The quantitative estimate of drug-likeness (QED) is 0.418. The molecule has 0 spiro atoms. The number of nitrogens with zero attached hydrogens (tertiary/aromatic N) is 1. The van der Waals surface area contributed by atoms with E-state index in [0.29, 0.717) is 5.69 Å². The topological polar surface area (TPSA) is 65.5 Å². The number of hydrogen-bond acceptors (Lipinski definition) is 3. The van der Waals surface area contributed by atoms with Gasteiger partial charge in [0.2, 0.25) is 0 Å². The van der Waals surface area contributed by atoms with Gasteiger partial charge in [0.05, 0.1) is 5.71 Å². The zero-order valence-corrected chi connectivity index (χ0v) is 16.8. The molecule has 0 saturated carbocycles. The monoisotopic (exact) mass is 386 g/mol. The van der Waals surface area contributed by atoms with E-state index in [1.165, 1.54) is 11.1 Å². The third-order valence-electron chi connectivity index (χ3n) is 4.54. The van der Waals surface area contributed by atoms with E-state index in [2.05, 4.69) is 27.2 Å². The summed E-state index contributed by atoms with van der Waals surface area (Å²) in [5.41, 5.74) is 8.40. The Balaban J connectivity index is 1.90. The summed E-state index contributed by atoms with van der Waals surface area (Å²) in [5.74, 6) is 0. The van der Waals surface area contributed by atoms with Crippen molar-refractivity contribution in [2.45, 2.75) is 13.3 Å². The summed E-state index contributed by atoms with van der Waals surface area (Å²) in [5, 5.41) is 10.5. The van der Waals surface area contributed by atoms with E-state index < -0.39 is 0 Å². The van der Waals surface area contributed by atoms with Gasteiger partial charge < -0.3 is 10.6 Å². The molecule has 0 aliphatic rings. The first-order valence-electron chi connectivity index (χ1n) is 9.67. The van der Waals surface area contributed by atoms with Crippen molar-refractivity contribution in [3.05, 3.63) is 101 Å². The van der Waals surface area contributed by atoms with Crippen LogP contribution < -0.4 is 16.1 Å².